The first-order valence-corrected chi connectivity index (χ1v) is 11.1. The normalized spacial score (nSPS) is 15.4. The number of fused-ring (bicyclic) bond motifs is 1. The molecule has 1 unspecified atom stereocenters. The minimum atomic E-state index is -0.537. The van der Waals surface area contributed by atoms with Crippen molar-refractivity contribution >= 4 is 35.3 Å². The van der Waals surface area contributed by atoms with Crippen LogP contribution in [0.5, 0.6) is 0 Å². The molecule has 0 spiro atoms. The summed E-state index contributed by atoms with van der Waals surface area (Å²) in [5.74, 6) is 0.321. The number of carbonyl (C=O) groups excluding carboxylic acids is 1. The van der Waals surface area contributed by atoms with E-state index >= 15 is 0 Å². The number of anilines is 1. The number of benzene rings is 2. The summed E-state index contributed by atoms with van der Waals surface area (Å²) < 4.78 is 20.4. The molecule has 1 N–H and O–H groups in total. The van der Waals surface area contributed by atoms with Crippen molar-refractivity contribution in [3.8, 4) is 0 Å². The molecule has 1 atom stereocenters. The minimum absolute atomic E-state index is 0.261. The van der Waals surface area contributed by atoms with E-state index in [1.165, 1.54) is 23.9 Å². The smallest absolute Gasteiger partial charge is 0.338 e. The largest absolute Gasteiger partial charge is 0.463 e. The Morgan fingerprint density at radius 1 is 1.29 bits per heavy atom. The number of rotatable bonds is 6. The highest BCUT2D eigenvalue weighted by Crippen LogP contribution is 2.37. The third-order valence-electron chi connectivity index (χ3n) is 4.75. The van der Waals surface area contributed by atoms with Gasteiger partial charge in [-0.1, -0.05) is 47.6 Å². The molecule has 0 aliphatic carbocycles. The SMILES string of the molecule is CCOC(=O)C1=C(C)Nc2nc(SCc3cccc(F)c3)nn2C1c1cccc(Cl)c1. The van der Waals surface area contributed by atoms with Gasteiger partial charge in [-0.2, -0.15) is 4.98 Å². The first-order chi connectivity index (χ1) is 15.0. The van der Waals surface area contributed by atoms with E-state index in [4.69, 9.17) is 16.3 Å². The molecular weight excluding hydrogens is 439 g/mol. The Hall–Kier alpha value is -2.84. The maximum atomic E-state index is 13.5. The Kier molecular flexibility index (Phi) is 6.29. The highest BCUT2D eigenvalue weighted by atomic mass is 35.5. The van der Waals surface area contributed by atoms with Crippen LogP contribution in [0.3, 0.4) is 0 Å². The van der Waals surface area contributed by atoms with E-state index in [0.29, 0.717) is 33.2 Å². The monoisotopic (exact) mass is 458 g/mol. The second kappa shape index (κ2) is 9.11. The molecule has 1 aromatic heterocycles. The molecule has 0 bridgehead atoms. The average molecular weight is 459 g/mol. The molecule has 0 radical (unpaired) electrons. The molecule has 1 aliphatic heterocycles. The molecule has 4 rings (SSSR count). The van der Waals surface area contributed by atoms with Gasteiger partial charge < -0.3 is 10.1 Å². The number of carbonyl (C=O) groups is 1. The molecule has 0 saturated heterocycles. The maximum Gasteiger partial charge on any atom is 0.338 e. The van der Waals surface area contributed by atoms with Crippen molar-refractivity contribution in [1.82, 2.24) is 14.8 Å². The van der Waals surface area contributed by atoms with Crippen LogP contribution in [0.1, 0.15) is 31.0 Å². The Morgan fingerprint density at radius 3 is 2.84 bits per heavy atom. The molecule has 0 amide bonds. The van der Waals surface area contributed by atoms with Gasteiger partial charge in [-0.3, -0.25) is 0 Å². The Balaban J connectivity index is 1.70. The summed E-state index contributed by atoms with van der Waals surface area (Å²) in [4.78, 5) is 17.3. The molecule has 31 heavy (non-hydrogen) atoms. The number of halogens is 2. The van der Waals surface area contributed by atoms with E-state index in [1.807, 2.05) is 25.1 Å². The quantitative estimate of drug-likeness (QED) is 0.403. The summed E-state index contributed by atoms with van der Waals surface area (Å²) in [7, 11) is 0. The van der Waals surface area contributed by atoms with Crippen LogP contribution >= 0.6 is 23.4 Å². The lowest BCUT2D eigenvalue weighted by Gasteiger charge is -2.28. The van der Waals surface area contributed by atoms with Gasteiger partial charge in [-0.15, -0.1) is 5.10 Å². The highest BCUT2D eigenvalue weighted by molar-refractivity contribution is 7.98. The van der Waals surface area contributed by atoms with Gasteiger partial charge in [0.15, 0.2) is 0 Å². The van der Waals surface area contributed by atoms with Crippen LogP contribution in [0.4, 0.5) is 10.3 Å². The first-order valence-electron chi connectivity index (χ1n) is 9.70. The van der Waals surface area contributed by atoms with Gasteiger partial charge in [0, 0.05) is 16.5 Å². The summed E-state index contributed by atoms with van der Waals surface area (Å²) in [6.45, 7) is 3.83. The van der Waals surface area contributed by atoms with Crippen molar-refractivity contribution in [2.24, 2.45) is 0 Å². The second-order valence-electron chi connectivity index (χ2n) is 6.92. The van der Waals surface area contributed by atoms with E-state index in [-0.39, 0.29) is 12.4 Å². The lowest BCUT2D eigenvalue weighted by Crippen LogP contribution is -2.29. The third-order valence-corrected chi connectivity index (χ3v) is 5.89. The van der Waals surface area contributed by atoms with Gasteiger partial charge >= 0.3 is 5.97 Å². The van der Waals surface area contributed by atoms with Crippen LogP contribution < -0.4 is 5.32 Å². The van der Waals surface area contributed by atoms with Crippen molar-refractivity contribution in [2.75, 3.05) is 11.9 Å². The summed E-state index contributed by atoms with van der Waals surface area (Å²) in [6.07, 6.45) is 0. The number of hydrogen-bond donors (Lipinski definition) is 1. The van der Waals surface area contributed by atoms with Crippen molar-refractivity contribution < 1.29 is 13.9 Å². The number of esters is 1. The van der Waals surface area contributed by atoms with Crippen LogP contribution in [-0.2, 0) is 15.3 Å². The number of allylic oxidation sites excluding steroid dienone is 1. The van der Waals surface area contributed by atoms with Crippen molar-refractivity contribution in [3.63, 3.8) is 0 Å². The van der Waals surface area contributed by atoms with Crippen LogP contribution in [-0.4, -0.2) is 27.3 Å². The number of nitrogens with one attached hydrogen (secondary N) is 1. The predicted octanol–water partition coefficient (Wildman–Crippen LogP) is 5.21. The summed E-state index contributed by atoms with van der Waals surface area (Å²) in [6, 6.07) is 13.2. The van der Waals surface area contributed by atoms with Gasteiger partial charge in [0.25, 0.3) is 0 Å². The lowest BCUT2D eigenvalue weighted by molar-refractivity contribution is -0.139. The molecule has 2 heterocycles. The fraction of sp³-hybridized carbons (Fsp3) is 0.227. The zero-order valence-corrected chi connectivity index (χ0v) is 18.5. The zero-order valence-electron chi connectivity index (χ0n) is 16.9. The molecule has 160 valence electrons. The number of hydrogen-bond acceptors (Lipinski definition) is 6. The molecule has 1 aliphatic rings. The molecule has 3 aromatic rings. The van der Waals surface area contributed by atoms with Crippen LogP contribution in [0.15, 0.2) is 65.0 Å². The van der Waals surface area contributed by atoms with E-state index in [0.717, 1.165) is 11.1 Å². The zero-order chi connectivity index (χ0) is 22.0. The van der Waals surface area contributed by atoms with E-state index in [2.05, 4.69) is 15.4 Å². The molecule has 0 fully saturated rings. The molecule has 6 nitrogen and oxygen atoms in total. The van der Waals surface area contributed by atoms with Crippen molar-refractivity contribution in [3.05, 3.63) is 81.8 Å². The second-order valence-corrected chi connectivity index (χ2v) is 8.30. The molecule has 0 saturated carbocycles. The van der Waals surface area contributed by atoms with Crippen LogP contribution in [0.2, 0.25) is 5.02 Å². The van der Waals surface area contributed by atoms with Crippen LogP contribution in [0, 0.1) is 5.82 Å². The van der Waals surface area contributed by atoms with Crippen LogP contribution in [0.25, 0.3) is 0 Å². The fourth-order valence-electron chi connectivity index (χ4n) is 3.43. The number of nitrogens with zero attached hydrogens (tertiary/aromatic N) is 3. The fourth-order valence-corrected chi connectivity index (χ4v) is 4.40. The first kappa shape index (κ1) is 21.4. The van der Waals surface area contributed by atoms with Gasteiger partial charge in [-0.25, -0.2) is 13.9 Å². The summed E-state index contributed by atoms with van der Waals surface area (Å²) in [5.41, 5.74) is 2.72. The van der Waals surface area contributed by atoms with E-state index in [9.17, 15) is 9.18 Å². The average Bonchev–Trinajstić information content (AvgIpc) is 3.13. The van der Waals surface area contributed by atoms with Gasteiger partial charge in [-0.05, 0) is 49.2 Å². The number of aromatic nitrogens is 3. The molecular formula is C22H20ClFN4O2S. The van der Waals surface area contributed by atoms with E-state index < -0.39 is 12.0 Å². The Labute approximate surface area is 188 Å². The van der Waals surface area contributed by atoms with Gasteiger partial charge in [0.1, 0.15) is 11.9 Å². The molecule has 2 aromatic carbocycles. The summed E-state index contributed by atoms with van der Waals surface area (Å²) in [5, 5.41) is 8.85. The lowest BCUT2D eigenvalue weighted by atomic mass is 9.96. The van der Waals surface area contributed by atoms with E-state index in [1.54, 1.807) is 29.8 Å². The highest BCUT2D eigenvalue weighted by Gasteiger charge is 2.35. The standard InChI is InChI=1S/C22H20ClFN4O2S/c1-3-30-20(29)18-13(2)25-21-26-22(31-12-14-6-4-9-17(24)10-14)27-28(21)19(18)15-7-5-8-16(23)11-15/h4-11,19H,3,12H2,1-2H3,(H,25,26,27). The Bertz CT molecular complexity index is 1160. The van der Waals surface area contributed by atoms with Gasteiger partial charge in [0.2, 0.25) is 11.1 Å². The van der Waals surface area contributed by atoms with Gasteiger partial charge in [0.05, 0.1) is 12.2 Å². The van der Waals surface area contributed by atoms with Crippen molar-refractivity contribution in [1.29, 1.82) is 0 Å². The third kappa shape index (κ3) is 4.60. The summed E-state index contributed by atoms with van der Waals surface area (Å²) >= 11 is 7.61. The van der Waals surface area contributed by atoms with Crippen molar-refractivity contribution in [2.45, 2.75) is 30.8 Å². The predicted molar refractivity (Wildman–Crippen MR) is 119 cm³/mol. The number of ether oxygens (including phenoxy) is 1. The maximum absolute atomic E-state index is 13.5. The Morgan fingerprint density at radius 2 is 2.10 bits per heavy atom. The minimum Gasteiger partial charge on any atom is -0.463 e. The molecule has 9 heteroatoms. The number of thioether (sulfide) groups is 1. The topological polar surface area (TPSA) is 69.0 Å².